The van der Waals surface area contributed by atoms with Crippen LogP contribution in [0.3, 0.4) is 0 Å². The summed E-state index contributed by atoms with van der Waals surface area (Å²) in [6.45, 7) is 22.9. The van der Waals surface area contributed by atoms with Gasteiger partial charge in [0, 0.05) is 21.1 Å². The van der Waals surface area contributed by atoms with E-state index >= 15 is 0 Å². The SMILES string of the molecule is C=C(C)CC.CC=CCC.CCC(C)C.CC[CH-]CC.[W]. The first-order valence-corrected chi connectivity index (χ1v) is 8.44. The van der Waals surface area contributed by atoms with Crippen LogP contribution in [0.1, 0.15) is 94.4 Å². The molecule has 0 bridgehead atoms. The minimum Gasteiger partial charge on any atom is -0.329 e. The Morgan fingerprint density at radius 2 is 1.38 bits per heavy atom. The Hall–Kier alpha value is 0.168. The fraction of sp³-hybridized carbons (Fsp3) is 0.750. The smallest absolute Gasteiger partial charge is 0 e. The van der Waals surface area contributed by atoms with Crippen LogP contribution < -0.4 is 0 Å². The molecule has 21 heavy (non-hydrogen) atoms. The molecular weight excluding hydrogens is 424 g/mol. The first kappa shape index (κ1) is 32.9. The van der Waals surface area contributed by atoms with E-state index in [4.69, 9.17) is 0 Å². The Balaban J connectivity index is -0.0000000533. The van der Waals surface area contributed by atoms with E-state index in [2.05, 4.69) is 73.6 Å². The van der Waals surface area contributed by atoms with Crippen LogP contribution in [0, 0.1) is 12.3 Å². The molecule has 0 heterocycles. The van der Waals surface area contributed by atoms with Crippen LogP contribution in [-0.2, 0) is 21.1 Å². The van der Waals surface area contributed by atoms with Crippen LogP contribution >= 0.6 is 0 Å². The van der Waals surface area contributed by atoms with Gasteiger partial charge >= 0.3 is 0 Å². The molecule has 130 valence electrons. The fourth-order valence-electron chi connectivity index (χ4n) is 0.524. The largest absolute Gasteiger partial charge is 0.329 e. The van der Waals surface area contributed by atoms with Gasteiger partial charge < -0.3 is 6.42 Å². The predicted octanol–water partition coefficient (Wildman–Crippen LogP) is 8.01. The van der Waals surface area contributed by atoms with Crippen LogP contribution in [0.5, 0.6) is 0 Å². The van der Waals surface area contributed by atoms with E-state index in [1.165, 1.54) is 24.8 Å². The molecule has 0 aliphatic carbocycles. The third-order valence-corrected chi connectivity index (χ3v) is 2.47. The average molecular weight is 467 g/mol. The maximum Gasteiger partial charge on any atom is 0 e. The van der Waals surface area contributed by atoms with Gasteiger partial charge in [-0.3, -0.25) is 0 Å². The van der Waals surface area contributed by atoms with Crippen molar-refractivity contribution in [3.8, 4) is 0 Å². The average Bonchev–Trinajstić information content (AvgIpc) is 2.42. The molecule has 0 N–H and O–H groups in total. The van der Waals surface area contributed by atoms with Crippen molar-refractivity contribution in [1.82, 2.24) is 0 Å². The van der Waals surface area contributed by atoms with Crippen LogP contribution in [-0.4, -0.2) is 0 Å². The van der Waals surface area contributed by atoms with E-state index in [1.807, 2.05) is 13.8 Å². The summed E-state index contributed by atoms with van der Waals surface area (Å²) in [4.78, 5) is 0. The van der Waals surface area contributed by atoms with Crippen molar-refractivity contribution in [1.29, 1.82) is 0 Å². The standard InChI is InChI=1S/C5H12.C5H10.C5H11.C5H10.W/c2*1-4-5(2)3;2*1-3-5-4-2;/h5H,4H2,1-3H3;2,4H2,1,3H3;5H,3-4H2,1-2H3;3,5H,4H2,1-2H3;/q;;-1;;. The number of allylic oxidation sites excluding steroid dienone is 3. The molecule has 0 spiro atoms. The molecule has 0 aliphatic rings. The summed E-state index contributed by atoms with van der Waals surface area (Å²) in [5.41, 5.74) is 1.25. The van der Waals surface area contributed by atoms with Crippen molar-refractivity contribution in [2.24, 2.45) is 5.92 Å². The van der Waals surface area contributed by atoms with Crippen molar-refractivity contribution < 1.29 is 21.1 Å². The number of hydrogen-bond donors (Lipinski definition) is 0. The van der Waals surface area contributed by atoms with Gasteiger partial charge in [0.05, 0.1) is 0 Å². The molecule has 0 nitrogen and oxygen atoms in total. The maximum absolute atomic E-state index is 3.67. The second kappa shape index (κ2) is 36.9. The van der Waals surface area contributed by atoms with Gasteiger partial charge in [-0.1, -0.05) is 72.6 Å². The zero-order chi connectivity index (χ0) is 16.8. The van der Waals surface area contributed by atoms with Crippen LogP contribution in [0.2, 0.25) is 0 Å². The molecule has 0 saturated heterocycles. The van der Waals surface area contributed by atoms with Gasteiger partial charge in [-0.15, -0.1) is 6.58 Å². The van der Waals surface area contributed by atoms with Crippen LogP contribution in [0.25, 0.3) is 0 Å². The van der Waals surface area contributed by atoms with Crippen molar-refractivity contribution in [3.05, 3.63) is 30.7 Å². The van der Waals surface area contributed by atoms with Gasteiger partial charge in [0.25, 0.3) is 0 Å². The molecule has 0 unspecified atom stereocenters. The van der Waals surface area contributed by atoms with Gasteiger partial charge in [0.1, 0.15) is 0 Å². The van der Waals surface area contributed by atoms with Crippen molar-refractivity contribution in [3.63, 3.8) is 0 Å². The molecule has 0 amide bonds. The van der Waals surface area contributed by atoms with Gasteiger partial charge in [-0.05, 0) is 32.6 Å². The minimum absolute atomic E-state index is 0. The Morgan fingerprint density at radius 1 is 1.05 bits per heavy atom. The normalized spacial score (nSPS) is 8.48. The molecule has 0 atom stereocenters. The second-order valence-corrected chi connectivity index (χ2v) is 5.20. The van der Waals surface area contributed by atoms with E-state index in [0.717, 1.165) is 18.8 Å². The van der Waals surface area contributed by atoms with E-state index in [1.54, 1.807) is 0 Å². The van der Waals surface area contributed by atoms with Gasteiger partial charge in [0.15, 0.2) is 0 Å². The van der Waals surface area contributed by atoms with E-state index in [-0.39, 0.29) is 21.1 Å². The summed E-state index contributed by atoms with van der Waals surface area (Å²) >= 11 is 0. The molecule has 0 aromatic rings. The Morgan fingerprint density at radius 3 is 1.38 bits per heavy atom. The van der Waals surface area contributed by atoms with Crippen molar-refractivity contribution >= 4 is 0 Å². The molecular formula is C20H43W-. The number of unbranched alkanes of at least 4 members (excludes halogenated alkanes) is 2. The van der Waals surface area contributed by atoms with E-state index in [9.17, 15) is 0 Å². The molecule has 0 aromatic carbocycles. The molecule has 1 heteroatoms. The first-order chi connectivity index (χ1) is 9.37. The first-order valence-electron chi connectivity index (χ1n) is 8.44. The van der Waals surface area contributed by atoms with Gasteiger partial charge in [-0.25, -0.2) is 0 Å². The fourth-order valence-corrected chi connectivity index (χ4v) is 0.524. The summed E-state index contributed by atoms with van der Waals surface area (Å²) < 4.78 is 0. The van der Waals surface area contributed by atoms with Gasteiger partial charge in [0.2, 0.25) is 0 Å². The zero-order valence-corrected chi connectivity index (χ0v) is 19.4. The minimum atomic E-state index is 0. The Labute approximate surface area is 152 Å². The van der Waals surface area contributed by atoms with E-state index in [0.29, 0.717) is 0 Å². The summed E-state index contributed by atoms with van der Waals surface area (Å²) in [6.07, 6.45) is 12.4. The molecule has 0 fully saturated rings. The van der Waals surface area contributed by atoms with Crippen molar-refractivity contribution in [2.45, 2.75) is 94.4 Å². The second-order valence-electron chi connectivity index (χ2n) is 5.20. The van der Waals surface area contributed by atoms with E-state index < -0.39 is 0 Å². The molecule has 0 aromatic heterocycles. The summed E-state index contributed by atoms with van der Waals surface area (Å²) in [5.74, 6) is 0.884. The molecule has 0 saturated carbocycles. The number of rotatable bonds is 5. The van der Waals surface area contributed by atoms with Crippen LogP contribution in [0.4, 0.5) is 0 Å². The molecule has 0 aliphatic heterocycles. The molecule has 0 radical (unpaired) electrons. The third-order valence-electron chi connectivity index (χ3n) is 2.47. The summed E-state index contributed by atoms with van der Waals surface area (Å²) in [7, 11) is 0. The number of hydrogen-bond acceptors (Lipinski definition) is 0. The third kappa shape index (κ3) is 99.8. The quantitative estimate of drug-likeness (QED) is 0.284. The summed E-state index contributed by atoms with van der Waals surface area (Å²) in [6, 6.07) is 0. The Kier molecular flexibility index (Phi) is 57.9. The molecule has 0 rings (SSSR count). The predicted molar refractivity (Wildman–Crippen MR) is 100 cm³/mol. The maximum atomic E-state index is 3.67. The zero-order valence-electron chi connectivity index (χ0n) is 16.5. The Bertz CT molecular complexity index is 167. The van der Waals surface area contributed by atoms with Gasteiger partial charge in [-0.2, -0.15) is 12.8 Å². The topological polar surface area (TPSA) is 0 Å². The summed E-state index contributed by atoms with van der Waals surface area (Å²) in [5, 5.41) is 0. The monoisotopic (exact) mass is 467 g/mol. The van der Waals surface area contributed by atoms with Crippen molar-refractivity contribution in [2.75, 3.05) is 0 Å². The van der Waals surface area contributed by atoms with Crippen LogP contribution in [0.15, 0.2) is 24.3 Å².